The topological polar surface area (TPSA) is 215 Å². The average Bonchev–Trinajstić information content (AvgIpc) is 3.68. The highest BCUT2D eigenvalue weighted by Gasteiger charge is 2.64. The van der Waals surface area contributed by atoms with Crippen molar-refractivity contribution < 1.29 is 54.5 Å². The smallest absolute Gasteiger partial charge is 0.336 e. The van der Waals surface area contributed by atoms with Crippen molar-refractivity contribution in [2.75, 3.05) is 40.8 Å². The van der Waals surface area contributed by atoms with E-state index in [1.165, 1.54) is 11.1 Å². The predicted molar refractivity (Wildman–Crippen MR) is 191 cm³/mol. The molecule has 4 aliphatic rings. The van der Waals surface area contributed by atoms with Gasteiger partial charge in [-0.2, -0.15) is 5.10 Å². The van der Waals surface area contributed by atoms with E-state index in [0.29, 0.717) is 24.3 Å². The minimum Gasteiger partial charge on any atom is -0.504 e. The molecule has 0 amide bonds. The van der Waals surface area contributed by atoms with Crippen LogP contribution in [0.3, 0.4) is 0 Å². The maximum atomic E-state index is 10.4. The number of carboxylic acid groups (broad SMARTS) is 3. The molecule has 1 aromatic heterocycles. The number of hydrogen-bond acceptors (Lipinski definition) is 11. The van der Waals surface area contributed by atoms with Crippen molar-refractivity contribution in [2.24, 2.45) is 13.0 Å². The van der Waals surface area contributed by atoms with Gasteiger partial charge in [0.1, 0.15) is 18.3 Å². The van der Waals surface area contributed by atoms with Crippen molar-refractivity contribution in [3.05, 3.63) is 89.3 Å². The van der Waals surface area contributed by atoms with Crippen molar-refractivity contribution in [1.82, 2.24) is 19.6 Å². The van der Waals surface area contributed by atoms with Crippen molar-refractivity contribution in [1.29, 1.82) is 0 Å². The Morgan fingerprint density at radius 1 is 1.04 bits per heavy atom. The number of carboxylic acids is 3. The van der Waals surface area contributed by atoms with Crippen LogP contribution in [0.25, 0.3) is 0 Å². The van der Waals surface area contributed by atoms with E-state index in [1.54, 1.807) is 12.3 Å². The van der Waals surface area contributed by atoms with E-state index in [1.807, 2.05) is 62.2 Å². The minimum absolute atomic E-state index is 0.0614. The van der Waals surface area contributed by atoms with Gasteiger partial charge in [0.2, 0.25) is 0 Å². The minimum atomic E-state index is -2.74. The molecule has 15 heteroatoms. The number of phenolic OH excluding ortho intramolecular Hbond substituents is 1. The molecule has 3 heterocycles. The molecule has 0 saturated carbocycles. The summed E-state index contributed by atoms with van der Waals surface area (Å²) >= 11 is 0. The van der Waals surface area contributed by atoms with Gasteiger partial charge in [0.25, 0.3) is 0 Å². The molecule has 1 fully saturated rings. The Bertz CT molecular complexity index is 1800. The largest absolute Gasteiger partial charge is 0.504 e. The van der Waals surface area contributed by atoms with Crippen LogP contribution in [-0.2, 0) is 38.0 Å². The Labute approximate surface area is 307 Å². The van der Waals surface area contributed by atoms with Gasteiger partial charge in [-0.15, -0.1) is 0 Å². The van der Waals surface area contributed by atoms with Gasteiger partial charge in [-0.1, -0.05) is 48.6 Å². The lowest BCUT2D eigenvalue weighted by Crippen LogP contribution is -2.64. The molecule has 2 aliphatic carbocycles. The van der Waals surface area contributed by atoms with Crippen molar-refractivity contribution in [3.8, 4) is 11.5 Å². The molecule has 2 bridgehead atoms. The molecule has 2 aromatic carbocycles. The molecule has 53 heavy (non-hydrogen) atoms. The van der Waals surface area contributed by atoms with Crippen LogP contribution >= 0.6 is 0 Å². The van der Waals surface area contributed by atoms with Gasteiger partial charge in [0.05, 0.1) is 25.1 Å². The van der Waals surface area contributed by atoms with Crippen LogP contribution in [0.15, 0.2) is 66.9 Å². The number of aliphatic hydroxyl groups excluding tert-OH is 1. The first kappa shape index (κ1) is 39.4. The number of aryl methyl sites for hydroxylation is 1. The van der Waals surface area contributed by atoms with E-state index >= 15 is 0 Å². The summed E-state index contributed by atoms with van der Waals surface area (Å²) < 4.78 is 14.0. The molecular formula is C38H48N4O11. The van der Waals surface area contributed by atoms with E-state index in [-0.39, 0.29) is 23.4 Å². The zero-order valence-electron chi connectivity index (χ0n) is 30.2. The number of aliphatic hydroxyl groups is 2. The molecule has 1 saturated heterocycles. The standard InChI is InChI=1S/C17H19NO3.C15H21N3O.C6H8O7/c1-18-7-6-17-10-3-5-13(20)16(17)21-15-12(19)4-2-9(14(15)17)8-11(10)18;1-17(2)11-12-19-15(13-7-5-4-6-8-13)14-9-10-16-18(14)3;7-3(8)1-6(13,5(11)12)2-4(9)10/h2-5,10-11,13,16,19-20H,6-8H2,1H3;4-10,15H,11-12H2,1-3H3;13H,1-2H2,(H,7,8)(H,9,10)(H,11,12)/t10-,11+,13-,16-,17-;;/m0../s1. The molecule has 3 aromatic rings. The summed E-state index contributed by atoms with van der Waals surface area (Å²) in [7, 11) is 8.23. The van der Waals surface area contributed by atoms with Gasteiger partial charge < -0.3 is 49.9 Å². The number of carbonyl (C=O) groups is 3. The summed E-state index contributed by atoms with van der Waals surface area (Å²) in [4.78, 5) is 35.0. The van der Waals surface area contributed by atoms with Gasteiger partial charge in [-0.25, -0.2) is 4.79 Å². The Morgan fingerprint density at radius 3 is 2.30 bits per heavy atom. The lowest BCUT2D eigenvalue weighted by molar-refractivity contribution is -0.170. The number of phenols is 1. The highest BCUT2D eigenvalue weighted by molar-refractivity contribution is 5.88. The molecule has 6 N–H and O–H groups in total. The Kier molecular flexibility index (Phi) is 11.9. The fourth-order valence-electron chi connectivity index (χ4n) is 7.93. The number of likely N-dealkylation sites (tertiary alicyclic amines) is 1. The molecule has 7 rings (SSSR count). The summed E-state index contributed by atoms with van der Waals surface area (Å²) in [5, 5.41) is 58.7. The number of likely N-dealkylation sites (N-methyl/N-ethyl adjacent to an activating group) is 2. The third-order valence-corrected chi connectivity index (χ3v) is 10.5. The van der Waals surface area contributed by atoms with Crippen molar-refractivity contribution >= 4 is 17.9 Å². The second-order valence-corrected chi connectivity index (χ2v) is 14.3. The van der Waals surface area contributed by atoms with Crippen LogP contribution in [-0.4, -0.2) is 133 Å². The monoisotopic (exact) mass is 736 g/mol. The second-order valence-electron chi connectivity index (χ2n) is 14.3. The fraction of sp³-hybridized carbons (Fsp3) is 0.474. The Balaban J connectivity index is 0.000000159. The third-order valence-electron chi connectivity index (χ3n) is 10.5. The number of aliphatic carboxylic acids is 3. The van der Waals surface area contributed by atoms with Crippen LogP contribution in [0.5, 0.6) is 11.5 Å². The van der Waals surface area contributed by atoms with Crippen molar-refractivity contribution in [2.45, 2.75) is 61.1 Å². The average molecular weight is 737 g/mol. The number of ether oxygens (including phenoxy) is 2. The molecule has 2 aliphatic heterocycles. The zero-order valence-corrected chi connectivity index (χ0v) is 30.2. The van der Waals surface area contributed by atoms with Crippen LogP contribution in [0.4, 0.5) is 0 Å². The number of benzene rings is 2. The van der Waals surface area contributed by atoms with Crippen LogP contribution in [0, 0.1) is 5.92 Å². The maximum Gasteiger partial charge on any atom is 0.336 e. The molecule has 6 atom stereocenters. The lowest BCUT2D eigenvalue weighted by Gasteiger charge is -2.56. The van der Waals surface area contributed by atoms with Crippen LogP contribution in [0.1, 0.15) is 47.8 Å². The van der Waals surface area contributed by atoms with E-state index in [4.69, 9.17) is 29.9 Å². The summed E-state index contributed by atoms with van der Waals surface area (Å²) in [6, 6.07) is 16.5. The Morgan fingerprint density at radius 2 is 1.72 bits per heavy atom. The molecule has 1 unspecified atom stereocenters. The number of aromatic nitrogens is 2. The lowest BCUT2D eigenvalue weighted by atomic mass is 9.53. The third kappa shape index (κ3) is 8.09. The van der Waals surface area contributed by atoms with Crippen LogP contribution in [0.2, 0.25) is 0 Å². The summed E-state index contributed by atoms with van der Waals surface area (Å²) in [6.07, 6.45) is 4.63. The fourth-order valence-corrected chi connectivity index (χ4v) is 7.93. The Hall–Kier alpha value is -4.80. The second kappa shape index (κ2) is 16.1. The molecule has 15 nitrogen and oxygen atoms in total. The zero-order chi connectivity index (χ0) is 38.7. The number of rotatable bonds is 11. The number of aromatic hydroxyl groups is 1. The van der Waals surface area contributed by atoms with E-state index in [2.05, 4.69) is 40.2 Å². The molecular weight excluding hydrogens is 688 g/mol. The first-order chi connectivity index (χ1) is 25.1. The van der Waals surface area contributed by atoms with E-state index < -0.39 is 42.5 Å². The van der Waals surface area contributed by atoms with Gasteiger partial charge in [0.15, 0.2) is 17.1 Å². The molecule has 1 spiro atoms. The molecule has 286 valence electrons. The summed E-state index contributed by atoms with van der Waals surface area (Å²) in [5.74, 6) is -3.83. The van der Waals surface area contributed by atoms with Gasteiger partial charge in [-0.3, -0.25) is 14.3 Å². The summed E-state index contributed by atoms with van der Waals surface area (Å²) in [5.41, 5.74) is 1.78. The highest BCUT2D eigenvalue weighted by atomic mass is 16.5. The number of hydrogen-bond donors (Lipinski definition) is 6. The van der Waals surface area contributed by atoms with Crippen molar-refractivity contribution in [3.63, 3.8) is 0 Å². The SMILES string of the molecule is CN(C)CCOC(c1ccccc1)c1ccnn1C.CN1CC[C@]23c4c5ccc(O)c4O[C@H]2[C@@H](O)C=C[C@H]3[C@H]1C5.O=C(O)CC(O)(CC(=O)O)C(=O)O. The maximum absolute atomic E-state index is 10.4. The predicted octanol–water partition coefficient (Wildman–Crippen LogP) is 2.04. The quantitative estimate of drug-likeness (QED) is 0.156. The van der Waals surface area contributed by atoms with Gasteiger partial charge >= 0.3 is 17.9 Å². The summed E-state index contributed by atoms with van der Waals surface area (Å²) in [6.45, 7) is 2.61. The first-order valence-electron chi connectivity index (χ1n) is 17.4. The normalized spacial score (nSPS) is 24.1. The number of nitrogens with zero attached hydrogens (tertiary/aromatic N) is 4. The van der Waals surface area contributed by atoms with Crippen LogP contribution < -0.4 is 4.74 Å². The first-order valence-corrected chi connectivity index (χ1v) is 17.4. The van der Waals surface area contributed by atoms with Gasteiger partial charge in [0, 0.05) is 42.7 Å². The highest BCUT2D eigenvalue weighted by Crippen LogP contribution is 2.62. The molecule has 0 radical (unpaired) electrons. The van der Waals surface area contributed by atoms with E-state index in [9.17, 15) is 24.6 Å². The number of piperidine rings is 1. The van der Waals surface area contributed by atoms with E-state index in [0.717, 1.165) is 37.2 Å². The van der Waals surface area contributed by atoms with Gasteiger partial charge in [-0.05, 0) is 63.8 Å².